The van der Waals surface area contributed by atoms with Crippen LogP contribution < -0.4 is 4.74 Å². The number of aromatic amines is 1. The molecule has 0 unspecified atom stereocenters. The molecule has 3 aromatic carbocycles. The van der Waals surface area contributed by atoms with Crippen molar-refractivity contribution in [3.8, 4) is 28.3 Å². The van der Waals surface area contributed by atoms with Crippen LogP contribution in [-0.2, 0) is 6.61 Å². The van der Waals surface area contributed by atoms with Crippen molar-refractivity contribution in [2.75, 3.05) is 0 Å². The number of aromatic nitrogens is 3. The van der Waals surface area contributed by atoms with Gasteiger partial charge in [-0.15, -0.1) is 0 Å². The summed E-state index contributed by atoms with van der Waals surface area (Å²) in [5.41, 5.74) is 3.28. The average Bonchev–Trinajstić information content (AvgIpc) is 3.24. The van der Waals surface area contributed by atoms with Gasteiger partial charge in [0.1, 0.15) is 18.2 Å². The number of hydrogen-bond acceptors (Lipinski definition) is 4. The SMILES string of the molecule is O=C(O)c1nc(-c2cccc(-c3ccccc3OCc3ccc(F)cc3)c2)n[nH]1. The van der Waals surface area contributed by atoms with Gasteiger partial charge in [-0.05, 0) is 35.4 Å². The maximum absolute atomic E-state index is 13.1. The van der Waals surface area contributed by atoms with E-state index < -0.39 is 5.97 Å². The van der Waals surface area contributed by atoms with Crippen molar-refractivity contribution in [2.24, 2.45) is 0 Å². The topological polar surface area (TPSA) is 88.1 Å². The van der Waals surface area contributed by atoms with Gasteiger partial charge in [-0.2, -0.15) is 5.10 Å². The molecule has 1 aromatic heterocycles. The van der Waals surface area contributed by atoms with Crippen LogP contribution in [0.3, 0.4) is 0 Å². The van der Waals surface area contributed by atoms with Gasteiger partial charge in [0.15, 0.2) is 5.82 Å². The molecule has 0 spiro atoms. The summed E-state index contributed by atoms with van der Waals surface area (Å²) in [6.45, 7) is 0.305. The van der Waals surface area contributed by atoms with E-state index in [4.69, 9.17) is 9.84 Å². The standard InChI is InChI=1S/C22H16FN3O3/c23-17-10-8-14(9-11-17)13-29-19-7-2-1-6-18(19)15-4-3-5-16(12-15)20-24-21(22(27)28)26-25-20/h1-12H,13H2,(H,27,28)(H,24,25,26). The molecule has 0 aliphatic rings. The minimum atomic E-state index is -1.17. The summed E-state index contributed by atoms with van der Waals surface area (Å²) in [7, 11) is 0. The first-order valence-electron chi connectivity index (χ1n) is 8.83. The highest BCUT2D eigenvalue weighted by Crippen LogP contribution is 2.32. The van der Waals surface area contributed by atoms with Gasteiger partial charge in [-0.25, -0.2) is 14.2 Å². The van der Waals surface area contributed by atoms with Crippen LogP contribution in [0.25, 0.3) is 22.5 Å². The first-order valence-corrected chi connectivity index (χ1v) is 8.83. The molecule has 7 heteroatoms. The average molecular weight is 389 g/mol. The van der Waals surface area contributed by atoms with Crippen LogP contribution in [0.15, 0.2) is 72.8 Å². The zero-order valence-corrected chi connectivity index (χ0v) is 15.2. The highest BCUT2D eigenvalue weighted by molar-refractivity contribution is 5.84. The van der Waals surface area contributed by atoms with Crippen molar-refractivity contribution in [3.05, 3.63) is 90.0 Å². The van der Waals surface area contributed by atoms with Gasteiger partial charge in [0, 0.05) is 11.1 Å². The molecule has 0 amide bonds. The Bertz CT molecular complexity index is 1160. The lowest BCUT2D eigenvalue weighted by Crippen LogP contribution is -1.98. The summed E-state index contributed by atoms with van der Waals surface area (Å²) in [6.07, 6.45) is 0. The molecule has 0 fully saturated rings. The Morgan fingerprint density at radius 3 is 2.52 bits per heavy atom. The number of ether oxygens (including phenoxy) is 1. The quantitative estimate of drug-likeness (QED) is 0.505. The largest absolute Gasteiger partial charge is 0.488 e. The molecule has 6 nitrogen and oxygen atoms in total. The molecule has 0 atom stereocenters. The molecule has 0 radical (unpaired) electrons. The molecular weight excluding hydrogens is 373 g/mol. The number of rotatable bonds is 6. The minimum absolute atomic E-state index is 0.214. The first-order chi connectivity index (χ1) is 14.1. The van der Waals surface area contributed by atoms with Crippen LogP contribution >= 0.6 is 0 Å². The zero-order chi connectivity index (χ0) is 20.2. The Morgan fingerprint density at radius 1 is 1.00 bits per heavy atom. The third kappa shape index (κ3) is 4.14. The normalized spacial score (nSPS) is 10.7. The third-order valence-corrected chi connectivity index (χ3v) is 4.31. The maximum Gasteiger partial charge on any atom is 0.373 e. The van der Waals surface area contributed by atoms with Gasteiger partial charge in [-0.1, -0.05) is 48.5 Å². The number of hydrogen-bond donors (Lipinski definition) is 2. The lowest BCUT2D eigenvalue weighted by atomic mass is 10.0. The molecule has 144 valence electrons. The van der Waals surface area contributed by atoms with Crippen molar-refractivity contribution in [1.29, 1.82) is 0 Å². The van der Waals surface area contributed by atoms with Gasteiger partial charge >= 0.3 is 5.97 Å². The van der Waals surface area contributed by atoms with E-state index in [1.54, 1.807) is 18.2 Å². The van der Waals surface area contributed by atoms with E-state index in [1.165, 1.54) is 12.1 Å². The summed E-state index contributed by atoms with van der Waals surface area (Å²) >= 11 is 0. The van der Waals surface area contributed by atoms with E-state index >= 15 is 0 Å². The highest BCUT2D eigenvalue weighted by Gasteiger charge is 2.13. The van der Waals surface area contributed by atoms with E-state index in [-0.39, 0.29) is 11.6 Å². The second-order valence-electron chi connectivity index (χ2n) is 6.30. The maximum atomic E-state index is 13.1. The zero-order valence-electron chi connectivity index (χ0n) is 15.2. The Kier molecular flexibility index (Phi) is 5.03. The Balaban J connectivity index is 1.61. The van der Waals surface area contributed by atoms with Crippen LogP contribution in [-0.4, -0.2) is 26.3 Å². The van der Waals surface area contributed by atoms with Crippen LogP contribution in [0, 0.1) is 5.82 Å². The Labute approximate surface area is 165 Å². The number of nitrogens with zero attached hydrogens (tertiary/aromatic N) is 2. The molecule has 1 heterocycles. The number of aromatic carboxylic acids is 1. The number of halogens is 1. The minimum Gasteiger partial charge on any atom is -0.488 e. The van der Waals surface area contributed by atoms with Crippen molar-refractivity contribution in [1.82, 2.24) is 15.2 Å². The number of para-hydroxylation sites is 1. The lowest BCUT2D eigenvalue weighted by Gasteiger charge is -2.12. The predicted octanol–water partition coefficient (Wildman–Crippen LogP) is 4.56. The van der Waals surface area contributed by atoms with Gasteiger partial charge in [0.05, 0.1) is 0 Å². The number of benzene rings is 3. The highest BCUT2D eigenvalue weighted by atomic mass is 19.1. The summed E-state index contributed by atoms with van der Waals surface area (Å²) in [5, 5.41) is 15.4. The summed E-state index contributed by atoms with van der Waals surface area (Å²) in [4.78, 5) is 15.0. The van der Waals surface area contributed by atoms with Crippen molar-refractivity contribution in [2.45, 2.75) is 6.61 Å². The molecule has 0 bridgehead atoms. The predicted molar refractivity (Wildman–Crippen MR) is 105 cm³/mol. The second kappa shape index (κ2) is 7.93. The summed E-state index contributed by atoms with van der Waals surface area (Å²) in [5.74, 6) is -0.693. The van der Waals surface area contributed by atoms with Crippen molar-refractivity contribution >= 4 is 5.97 Å². The molecule has 29 heavy (non-hydrogen) atoms. The van der Waals surface area contributed by atoms with Crippen molar-refractivity contribution < 1.29 is 19.0 Å². The van der Waals surface area contributed by atoms with Gasteiger partial charge in [0.25, 0.3) is 0 Å². The fraction of sp³-hybridized carbons (Fsp3) is 0.0455. The Hall–Kier alpha value is -4.00. The van der Waals surface area contributed by atoms with E-state index in [2.05, 4.69) is 15.2 Å². The third-order valence-electron chi connectivity index (χ3n) is 4.31. The summed E-state index contributed by atoms with van der Waals surface area (Å²) in [6, 6.07) is 21.2. The first kappa shape index (κ1) is 18.4. The number of carboxylic acid groups (broad SMARTS) is 1. The fourth-order valence-electron chi connectivity index (χ4n) is 2.89. The molecule has 0 saturated heterocycles. The molecule has 4 aromatic rings. The van der Waals surface area contributed by atoms with Crippen LogP contribution in [0.4, 0.5) is 4.39 Å². The van der Waals surface area contributed by atoms with E-state index in [1.807, 2.05) is 42.5 Å². The Morgan fingerprint density at radius 2 is 1.76 bits per heavy atom. The van der Waals surface area contributed by atoms with E-state index in [0.29, 0.717) is 23.7 Å². The number of carbonyl (C=O) groups is 1. The molecule has 4 rings (SSSR count). The number of H-pyrrole nitrogens is 1. The van der Waals surface area contributed by atoms with Gasteiger partial charge in [0.2, 0.25) is 5.82 Å². The monoisotopic (exact) mass is 389 g/mol. The molecule has 2 N–H and O–H groups in total. The summed E-state index contributed by atoms with van der Waals surface area (Å²) < 4.78 is 19.0. The number of nitrogens with one attached hydrogen (secondary N) is 1. The molecule has 0 saturated carbocycles. The fourth-order valence-corrected chi connectivity index (χ4v) is 2.89. The van der Waals surface area contributed by atoms with E-state index in [0.717, 1.165) is 16.7 Å². The molecular formula is C22H16FN3O3. The van der Waals surface area contributed by atoms with Crippen LogP contribution in [0.1, 0.15) is 16.2 Å². The smallest absolute Gasteiger partial charge is 0.373 e. The number of carboxylic acids is 1. The van der Waals surface area contributed by atoms with Crippen molar-refractivity contribution in [3.63, 3.8) is 0 Å². The van der Waals surface area contributed by atoms with E-state index in [9.17, 15) is 9.18 Å². The van der Waals surface area contributed by atoms with Crippen LogP contribution in [0.5, 0.6) is 5.75 Å². The van der Waals surface area contributed by atoms with Gasteiger partial charge in [-0.3, -0.25) is 5.10 Å². The van der Waals surface area contributed by atoms with Crippen LogP contribution in [0.2, 0.25) is 0 Å². The molecule has 0 aliphatic carbocycles. The molecule has 0 aliphatic heterocycles. The lowest BCUT2D eigenvalue weighted by molar-refractivity contribution is 0.0684. The van der Waals surface area contributed by atoms with Gasteiger partial charge < -0.3 is 9.84 Å². The second-order valence-corrected chi connectivity index (χ2v) is 6.30.